The van der Waals surface area contributed by atoms with Crippen LogP contribution in [0.15, 0.2) is 24.3 Å². The molecule has 1 aromatic rings. The van der Waals surface area contributed by atoms with E-state index in [2.05, 4.69) is 48.0 Å². The minimum atomic E-state index is 0.318. The summed E-state index contributed by atoms with van der Waals surface area (Å²) in [6.07, 6.45) is 0.318. The Morgan fingerprint density at radius 2 is 2.10 bits per heavy atom. The first-order valence-corrected chi connectivity index (χ1v) is 7.52. The summed E-state index contributed by atoms with van der Waals surface area (Å²) in [6, 6.07) is 8.45. The highest BCUT2D eigenvalue weighted by molar-refractivity contribution is 5.26. The number of nitrogens with two attached hydrogens (primary N) is 1. The second-order valence-corrected chi connectivity index (χ2v) is 5.56. The van der Waals surface area contributed by atoms with E-state index in [1.807, 2.05) is 0 Å². The molecule has 0 spiro atoms. The number of ether oxygens (including phenoxy) is 1. The second-order valence-electron chi connectivity index (χ2n) is 5.56. The molecule has 1 fully saturated rings. The van der Waals surface area contributed by atoms with Crippen molar-refractivity contribution in [1.29, 1.82) is 0 Å². The monoisotopic (exact) mass is 277 g/mol. The molecular formula is C16H27N3O. The molecule has 0 aromatic heterocycles. The Hall–Kier alpha value is -0.940. The zero-order chi connectivity index (χ0) is 14.4. The largest absolute Gasteiger partial charge is 0.374 e. The summed E-state index contributed by atoms with van der Waals surface area (Å²) in [6.45, 7) is 8.69. The van der Waals surface area contributed by atoms with Gasteiger partial charge in [-0.15, -0.1) is 0 Å². The van der Waals surface area contributed by atoms with Crippen molar-refractivity contribution < 1.29 is 4.74 Å². The number of hydrogen-bond donors (Lipinski definition) is 1. The fraction of sp³-hybridized carbons (Fsp3) is 0.625. The summed E-state index contributed by atoms with van der Waals surface area (Å²) in [5.74, 6) is 0. The molecule has 1 atom stereocenters. The lowest BCUT2D eigenvalue weighted by atomic mass is 10.1. The van der Waals surface area contributed by atoms with Crippen LogP contribution in [0.5, 0.6) is 0 Å². The van der Waals surface area contributed by atoms with Crippen molar-refractivity contribution >= 4 is 0 Å². The minimum absolute atomic E-state index is 0.318. The predicted octanol–water partition coefficient (Wildman–Crippen LogP) is 1.30. The lowest BCUT2D eigenvalue weighted by molar-refractivity contribution is -0.0360. The van der Waals surface area contributed by atoms with E-state index in [1.54, 1.807) is 0 Å². The molecule has 1 aliphatic heterocycles. The molecule has 0 saturated carbocycles. The van der Waals surface area contributed by atoms with Gasteiger partial charge < -0.3 is 15.4 Å². The molecule has 0 bridgehead atoms. The average Bonchev–Trinajstić information content (AvgIpc) is 2.47. The summed E-state index contributed by atoms with van der Waals surface area (Å²) >= 11 is 0. The number of morpholine rings is 1. The zero-order valence-electron chi connectivity index (χ0n) is 12.7. The molecule has 112 valence electrons. The van der Waals surface area contributed by atoms with Gasteiger partial charge in [0.05, 0.1) is 12.7 Å². The van der Waals surface area contributed by atoms with E-state index in [4.69, 9.17) is 10.5 Å². The van der Waals surface area contributed by atoms with Crippen LogP contribution in [0, 0.1) is 0 Å². The summed E-state index contributed by atoms with van der Waals surface area (Å²) < 4.78 is 5.87. The van der Waals surface area contributed by atoms with Gasteiger partial charge >= 0.3 is 0 Å². The average molecular weight is 277 g/mol. The van der Waals surface area contributed by atoms with Crippen molar-refractivity contribution in [2.24, 2.45) is 5.73 Å². The molecule has 1 saturated heterocycles. The van der Waals surface area contributed by atoms with E-state index in [1.165, 1.54) is 11.1 Å². The van der Waals surface area contributed by atoms with Crippen molar-refractivity contribution in [3.63, 3.8) is 0 Å². The molecule has 2 N–H and O–H groups in total. The van der Waals surface area contributed by atoms with E-state index in [0.717, 1.165) is 39.3 Å². The van der Waals surface area contributed by atoms with E-state index < -0.39 is 0 Å². The van der Waals surface area contributed by atoms with Crippen LogP contribution < -0.4 is 5.73 Å². The van der Waals surface area contributed by atoms with Crippen LogP contribution in [0.2, 0.25) is 0 Å². The van der Waals surface area contributed by atoms with E-state index in [9.17, 15) is 0 Å². The summed E-state index contributed by atoms with van der Waals surface area (Å²) in [5, 5.41) is 0. The maximum absolute atomic E-state index is 5.87. The summed E-state index contributed by atoms with van der Waals surface area (Å²) in [5.41, 5.74) is 8.40. The van der Waals surface area contributed by atoms with E-state index in [0.29, 0.717) is 12.6 Å². The van der Waals surface area contributed by atoms with Crippen LogP contribution in [0.4, 0.5) is 0 Å². The third-order valence-electron chi connectivity index (χ3n) is 3.98. The number of rotatable bonds is 6. The maximum atomic E-state index is 5.87. The molecule has 1 aromatic carbocycles. The van der Waals surface area contributed by atoms with E-state index >= 15 is 0 Å². The fourth-order valence-electron chi connectivity index (χ4n) is 2.72. The van der Waals surface area contributed by atoms with Gasteiger partial charge in [-0.3, -0.25) is 4.90 Å². The summed E-state index contributed by atoms with van der Waals surface area (Å²) in [7, 11) is 2.16. The quantitative estimate of drug-likeness (QED) is 0.851. The molecule has 20 heavy (non-hydrogen) atoms. The summed E-state index contributed by atoms with van der Waals surface area (Å²) in [4.78, 5) is 4.79. The Bertz CT molecular complexity index is 410. The molecule has 1 heterocycles. The first-order valence-electron chi connectivity index (χ1n) is 7.52. The Morgan fingerprint density at radius 1 is 1.35 bits per heavy atom. The van der Waals surface area contributed by atoms with Gasteiger partial charge in [0.25, 0.3) is 0 Å². The molecule has 2 rings (SSSR count). The third-order valence-corrected chi connectivity index (χ3v) is 3.98. The lowest BCUT2D eigenvalue weighted by Crippen LogP contribution is -2.45. The van der Waals surface area contributed by atoms with Gasteiger partial charge in [0.1, 0.15) is 0 Å². The van der Waals surface area contributed by atoms with Gasteiger partial charge in [0.15, 0.2) is 0 Å². The van der Waals surface area contributed by atoms with Crippen LogP contribution >= 0.6 is 0 Å². The smallest absolute Gasteiger partial charge is 0.0829 e. The highest BCUT2D eigenvalue weighted by Gasteiger charge is 2.20. The SMILES string of the molecule is CCN(Cc1ccccc1CN)CC1CN(C)CCO1. The van der Waals surface area contributed by atoms with Crippen LogP contribution in [-0.4, -0.2) is 55.7 Å². The highest BCUT2D eigenvalue weighted by Crippen LogP contribution is 2.13. The molecule has 1 unspecified atom stereocenters. The third kappa shape index (κ3) is 4.28. The molecule has 0 amide bonds. The van der Waals surface area contributed by atoms with Crippen molar-refractivity contribution in [3.8, 4) is 0 Å². The highest BCUT2D eigenvalue weighted by atomic mass is 16.5. The number of benzene rings is 1. The maximum Gasteiger partial charge on any atom is 0.0829 e. The molecule has 4 nitrogen and oxygen atoms in total. The lowest BCUT2D eigenvalue weighted by Gasteiger charge is -2.33. The van der Waals surface area contributed by atoms with Gasteiger partial charge in [-0.2, -0.15) is 0 Å². The number of likely N-dealkylation sites (N-methyl/N-ethyl adjacent to an activating group) is 2. The van der Waals surface area contributed by atoms with Crippen LogP contribution in [-0.2, 0) is 17.8 Å². The Labute approximate surface area is 122 Å². The Balaban J connectivity index is 1.94. The first kappa shape index (κ1) is 15.4. The predicted molar refractivity (Wildman–Crippen MR) is 82.5 cm³/mol. The van der Waals surface area contributed by atoms with Gasteiger partial charge in [-0.1, -0.05) is 31.2 Å². The Kier molecular flexibility index (Phi) is 5.98. The van der Waals surface area contributed by atoms with Crippen molar-refractivity contribution in [2.75, 3.05) is 39.8 Å². The van der Waals surface area contributed by atoms with Gasteiger partial charge in [-0.25, -0.2) is 0 Å². The van der Waals surface area contributed by atoms with E-state index in [-0.39, 0.29) is 0 Å². The zero-order valence-corrected chi connectivity index (χ0v) is 12.7. The molecule has 4 heteroatoms. The molecule has 1 aliphatic rings. The van der Waals surface area contributed by atoms with Crippen molar-refractivity contribution in [3.05, 3.63) is 35.4 Å². The molecule has 0 radical (unpaired) electrons. The Morgan fingerprint density at radius 3 is 2.75 bits per heavy atom. The van der Waals surface area contributed by atoms with Crippen LogP contribution in [0.3, 0.4) is 0 Å². The number of hydrogen-bond acceptors (Lipinski definition) is 4. The van der Waals surface area contributed by atoms with Crippen molar-refractivity contribution in [1.82, 2.24) is 9.80 Å². The van der Waals surface area contributed by atoms with Gasteiger partial charge in [-0.05, 0) is 24.7 Å². The standard InChI is InChI=1S/C16H27N3O/c1-3-19(13-16-12-18(2)8-9-20-16)11-15-7-5-4-6-14(15)10-17/h4-7,16H,3,8-13,17H2,1-2H3. The van der Waals surface area contributed by atoms with Crippen molar-refractivity contribution in [2.45, 2.75) is 26.1 Å². The normalized spacial score (nSPS) is 20.5. The first-order chi connectivity index (χ1) is 9.72. The second kappa shape index (κ2) is 7.74. The molecular weight excluding hydrogens is 250 g/mol. The number of nitrogens with zero attached hydrogens (tertiary/aromatic N) is 2. The molecule has 0 aliphatic carbocycles. The van der Waals surface area contributed by atoms with Crippen LogP contribution in [0.1, 0.15) is 18.1 Å². The van der Waals surface area contributed by atoms with Crippen LogP contribution in [0.25, 0.3) is 0 Å². The van der Waals surface area contributed by atoms with Gasteiger partial charge in [0, 0.05) is 32.7 Å². The fourth-order valence-corrected chi connectivity index (χ4v) is 2.72. The van der Waals surface area contributed by atoms with Gasteiger partial charge in [0.2, 0.25) is 0 Å². The minimum Gasteiger partial charge on any atom is -0.374 e. The topological polar surface area (TPSA) is 41.7 Å².